The molecule has 0 aromatic rings. The Morgan fingerprint density at radius 3 is 1.43 bits per heavy atom. The van der Waals surface area contributed by atoms with Crippen molar-refractivity contribution in [1.82, 2.24) is 0 Å². The molecule has 0 saturated heterocycles. The second-order valence-electron chi connectivity index (χ2n) is 3.64. The first-order valence-corrected chi connectivity index (χ1v) is 5.07. The van der Waals surface area contributed by atoms with Crippen LogP contribution in [0.5, 0.6) is 0 Å². The van der Waals surface area contributed by atoms with Crippen LogP contribution in [0.15, 0.2) is 24.3 Å². The normalized spacial score (nSPS) is 10.1. The van der Waals surface area contributed by atoms with Crippen LogP contribution in [0, 0.1) is 0 Å². The highest BCUT2D eigenvalue weighted by molar-refractivity contribution is 4.87. The van der Waals surface area contributed by atoms with Crippen LogP contribution in [0.25, 0.3) is 0 Å². The maximum atomic E-state index is 5.34. The molecule has 0 amide bonds. The monoisotopic (exact) mass is 198 g/mol. The van der Waals surface area contributed by atoms with Crippen LogP contribution in [-0.2, 0) is 9.47 Å². The highest BCUT2D eigenvalue weighted by Gasteiger charge is 1.91. The molecule has 0 saturated carbocycles. The molecule has 0 spiro atoms. The van der Waals surface area contributed by atoms with Crippen molar-refractivity contribution in [3.63, 3.8) is 0 Å². The van der Waals surface area contributed by atoms with Gasteiger partial charge in [-0.3, -0.25) is 0 Å². The fraction of sp³-hybridized carbons (Fsp3) is 0.667. The Hall–Kier alpha value is -0.600. The van der Waals surface area contributed by atoms with Crippen LogP contribution >= 0.6 is 0 Å². The first-order valence-electron chi connectivity index (χ1n) is 5.07. The maximum absolute atomic E-state index is 5.34. The van der Waals surface area contributed by atoms with Crippen molar-refractivity contribution >= 4 is 0 Å². The van der Waals surface area contributed by atoms with Crippen molar-refractivity contribution in [2.45, 2.75) is 26.7 Å². The Bertz CT molecular complexity index is 153. The lowest BCUT2D eigenvalue weighted by molar-refractivity contribution is 0.0501. The van der Waals surface area contributed by atoms with E-state index >= 15 is 0 Å². The van der Waals surface area contributed by atoms with E-state index in [0.29, 0.717) is 13.2 Å². The number of ether oxygens (including phenoxy) is 2. The highest BCUT2D eigenvalue weighted by Crippen LogP contribution is 1.96. The first-order chi connectivity index (χ1) is 6.63. The summed E-state index contributed by atoms with van der Waals surface area (Å²) in [5.41, 5.74) is 2.32. The molecule has 0 atom stereocenters. The summed E-state index contributed by atoms with van der Waals surface area (Å²) in [4.78, 5) is 0. The zero-order valence-electron chi connectivity index (χ0n) is 9.47. The third-order valence-electron chi connectivity index (χ3n) is 1.72. The first kappa shape index (κ1) is 13.4. The summed E-state index contributed by atoms with van der Waals surface area (Å²) in [6.45, 7) is 14.5. The fourth-order valence-electron chi connectivity index (χ4n) is 0.815. The van der Waals surface area contributed by atoms with Gasteiger partial charge in [0.05, 0.1) is 26.4 Å². The minimum Gasteiger partial charge on any atom is -0.379 e. The number of hydrogen-bond donors (Lipinski definition) is 0. The van der Waals surface area contributed by atoms with E-state index in [1.54, 1.807) is 0 Å². The molecule has 0 bridgehead atoms. The van der Waals surface area contributed by atoms with Crippen LogP contribution < -0.4 is 0 Å². The Morgan fingerprint density at radius 1 is 0.786 bits per heavy atom. The van der Waals surface area contributed by atoms with E-state index in [1.807, 2.05) is 13.8 Å². The molecule has 2 heteroatoms. The molecule has 0 radical (unpaired) electrons. The van der Waals surface area contributed by atoms with Crippen molar-refractivity contribution in [2.24, 2.45) is 0 Å². The fourth-order valence-corrected chi connectivity index (χ4v) is 0.815. The molecule has 0 aromatic heterocycles. The molecule has 0 aliphatic rings. The van der Waals surface area contributed by atoms with Crippen LogP contribution in [0.2, 0.25) is 0 Å². The third kappa shape index (κ3) is 11.4. The largest absolute Gasteiger partial charge is 0.379 e. The topological polar surface area (TPSA) is 18.5 Å². The number of rotatable bonds is 9. The molecule has 0 aliphatic heterocycles. The minimum atomic E-state index is 0.670. The van der Waals surface area contributed by atoms with E-state index in [9.17, 15) is 0 Å². The van der Waals surface area contributed by atoms with Gasteiger partial charge in [0.1, 0.15) is 0 Å². The van der Waals surface area contributed by atoms with Crippen molar-refractivity contribution < 1.29 is 9.47 Å². The van der Waals surface area contributed by atoms with E-state index in [1.165, 1.54) is 0 Å². The lowest BCUT2D eigenvalue weighted by Gasteiger charge is -2.05. The quantitative estimate of drug-likeness (QED) is 0.419. The summed E-state index contributed by atoms with van der Waals surface area (Å²) < 4.78 is 10.7. The predicted octanol–water partition coefficient (Wildman–Crippen LogP) is 2.95. The lowest BCUT2D eigenvalue weighted by Crippen LogP contribution is -2.06. The summed E-state index contributed by atoms with van der Waals surface area (Å²) in [7, 11) is 0. The van der Waals surface area contributed by atoms with Crippen molar-refractivity contribution in [1.29, 1.82) is 0 Å². The Labute approximate surface area is 87.6 Å². The van der Waals surface area contributed by atoms with Crippen molar-refractivity contribution in [3.8, 4) is 0 Å². The average molecular weight is 198 g/mol. The highest BCUT2D eigenvalue weighted by atomic mass is 16.5. The van der Waals surface area contributed by atoms with E-state index in [-0.39, 0.29) is 0 Å². The molecule has 0 rings (SSSR count). The van der Waals surface area contributed by atoms with Gasteiger partial charge in [-0.2, -0.15) is 0 Å². The summed E-state index contributed by atoms with van der Waals surface area (Å²) in [6.07, 6.45) is 1.87. The predicted molar refractivity (Wildman–Crippen MR) is 60.5 cm³/mol. The zero-order chi connectivity index (χ0) is 10.8. The van der Waals surface area contributed by atoms with E-state index in [0.717, 1.165) is 37.2 Å². The van der Waals surface area contributed by atoms with Gasteiger partial charge in [-0.1, -0.05) is 11.1 Å². The molecule has 82 valence electrons. The van der Waals surface area contributed by atoms with Gasteiger partial charge in [-0.15, -0.1) is 13.2 Å². The zero-order valence-corrected chi connectivity index (χ0v) is 9.47. The Balaban J connectivity index is 2.99. The second-order valence-corrected chi connectivity index (χ2v) is 3.64. The van der Waals surface area contributed by atoms with Crippen LogP contribution in [0.4, 0.5) is 0 Å². The van der Waals surface area contributed by atoms with E-state index in [4.69, 9.17) is 9.47 Å². The van der Waals surface area contributed by atoms with Gasteiger partial charge in [-0.05, 0) is 26.7 Å². The van der Waals surface area contributed by atoms with Gasteiger partial charge in [0.15, 0.2) is 0 Å². The summed E-state index contributed by atoms with van der Waals surface area (Å²) in [5, 5.41) is 0. The van der Waals surface area contributed by atoms with E-state index < -0.39 is 0 Å². The second kappa shape index (κ2) is 8.97. The van der Waals surface area contributed by atoms with Crippen molar-refractivity contribution in [3.05, 3.63) is 24.3 Å². The van der Waals surface area contributed by atoms with Crippen LogP contribution in [-0.4, -0.2) is 26.4 Å². The third-order valence-corrected chi connectivity index (χ3v) is 1.72. The number of hydrogen-bond acceptors (Lipinski definition) is 2. The van der Waals surface area contributed by atoms with Gasteiger partial charge in [0.2, 0.25) is 0 Å². The SMILES string of the molecule is C=C(C)CCOCCOCCC(=C)C. The standard InChI is InChI=1S/C12H22O2/c1-11(2)5-7-13-9-10-14-8-6-12(3)4/h1,3,5-10H2,2,4H3. The van der Waals surface area contributed by atoms with Gasteiger partial charge in [0.25, 0.3) is 0 Å². The Kier molecular flexibility index (Phi) is 8.59. The summed E-state index contributed by atoms with van der Waals surface area (Å²) in [6, 6.07) is 0. The van der Waals surface area contributed by atoms with Gasteiger partial charge in [0, 0.05) is 0 Å². The van der Waals surface area contributed by atoms with Crippen molar-refractivity contribution in [2.75, 3.05) is 26.4 Å². The minimum absolute atomic E-state index is 0.670. The van der Waals surface area contributed by atoms with Crippen LogP contribution in [0.1, 0.15) is 26.7 Å². The summed E-state index contributed by atoms with van der Waals surface area (Å²) in [5.74, 6) is 0. The molecule has 14 heavy (non-hydrogen) atoms. The van der Waals surface area contributed by atoms with Crippen LogP contribution in [0.3, 0.4) is 0 Å². The molecule has 2 nitrogen and oxygen atoms in total. The van der Waals surface area contributed by atoms with Gasteiger partial charge >= 0.3 is 0 Å². The van der Waals surface area contributed by atoms with Gasteiger partial charge in [-0.25, -0.2) is 0 Å². The Morgan fingerprint density at radius 2 is 1.14 bits per heavy atom. The molecule has 0 aromatic carbocycles. The molecular weight excluding hydrogens is 176 g/mol. The maximum Gasteiger partial charge on any atom is 0.0700 e. The van der Waals surface area contributed by atoms with Gasteiger partial charge < -0.3 is 9.47 Å². The molecule has 0 heterocycles. The lowest BCUT2D eigenvalue weighted by atomic mass is 10.3. The molecule has 0 fully saturated rings. The molecular formula is C12H22O2. The molecule has 0 aliphatic carbocycles. The van der Waals surface area contributed by atoms with E-state index in [2.05, 4.69) is 13.2 Å². The summed E-state index contributed by atoms with van der Waals surface area (Å²) >= 11 is 0. The molecule has 0 unspecified atom stereocenters. The average Bonchev–Trinajstić information content (AvgIpc) is 2.08. The molecule has 0 N–H and O–H groups in total. The smallest absolute Gasteiger partial charge is 0.0700 e.